The van der Waals surface area contributed by atoms with Crippen LogP contribution in [0.15, 0.2) is 59.7 Å². The number of hydrogen-bond donors (Lipinski definition) is 2. The van der Waals surface area contributed by atoms with Crippen molar-refractivity contribution in [1.82, 2.24) is 10.7 Å². The van der Waals surface area contributed by atoms with E-state index in [4.69, 9.17) is 4.74 Å². The lowest BCUT2D eigenvalue weighted by Crippen LogP contribution is -2.30. The molecule has 0 aromatic heterocycles. The number of nitrogens with zero attached hydrogens (tertiary/aromatic N) is 1. The van der Waals surface area contributed by atoms with E-state index in [0.717, 1.165) is 12.0 Å². The number of rotatable bonds is 9. The van der Waals surface area contributed by atoms with Gasteiger partial charge in [0.05, 0.1) is 6.21 Å². The molecule has 0 saturated carbocycles. The molecule has 2 amide bonds. The lowest BCUT2D eigenvalue weighted by atomic mass is 10.1. The van der Waals surface area contributed by atoms with Crippen molar-refractivity contribution in [1.29, 1.82) is 0 Å². The first-order chi connectivity index (χ1) is 13.0. The summed E-state index contributed by atoms with van der Waals surface area (Å²) in [4.78, 5) is 23.2. The first-order valence-electron chi connectivity index (χ1n) is 8.91. The molecule has 0 aliphatic carbocycles. The molecule has 0 unspecified atom stereocenters. The summed E-state index contributed by atoms with van der Waals surface area (Å²) in [5, 5.41) is 6.73. The topological polar surface area (TPSA) is 79.8 Å². The van der Waals surface area contributed by atoms with Gasteiger partial charge >= 0.3 is 0 Å². The third-order valence-electron chi connectivity index (χ3n) is 3.74. The number of nitrogens with one attached hydrogen (secondary N) is 2. The highest BCUT2D eigenvalue weighted by molar-refractivity contribution is 5.83. The number of hydrazone groups is 1. The standard InChI is InChI=1S/C21H25N3O3/c1-16(2)21(26)24-23-14-18-8-10-19(11-9-18)27-15-20(25)22-13-12-17-6-4-3-5-7-17/h3-11,14,16H,12-13,15H2,1-2H3,(H,22,25)(H,24,26)/b23-14+. The Morgan fingerprint density at radius 1 is 1.07 bits per heavy atom. The van der Waals surface area contributed by atoms with Gasteiger partial charge < -0.3 is 10.1 Å². The predicted molar refractivity (Wildman–Crippen MR) is 106 cm³/mol. The summed E-state index contributed by atoms with van der Waals surface area (Å²) in [7, 11) is 0. The van der Waals surface area contributed by atoms with Crippen molar-refractivity contribution in [3.05, 3.63) is 65.7 Å². The third kappa shape index (κ3) is 7.73. The van der Waals surface area contributed by atoms with Gasteiger partial charge in [-0.25, -0.2) is 5.43 Å². The van der Waals surface area contributed by atoms with Crippen molar-refractivity contribution < 1.29 is 14.3 Å². The van der Waals surface area contributed by atoms with Crippen molar-refractivity contribution >= 4 is 18.0 Å². The largest absolute Gasteiger partial charge is 0.484 e. The van der Waals surface area contributed by atoms with Gasteiger partial charge in [-0.3, -0.25) is 9.59 Å². The zero-order valence-electron chi connectivity index (χ0n) is 15.6. The van der Waals surface area contributed by atoms with E-state index in [9.17, 15) is 9.59 Å². The van der Waals surface area contributed by atoms with Crippen LogP contribution >= 0.6 is 0 Å². The van der Waals surface area contributed by atoms with E-state index in [1.165, 1.54) is 5.56 Å². The first kappa shape index (κ1) is 20.2. The molecule has 0 fully saturated rings. The number of carbonyl (C=O) groups is 2. The summed E-state index contributed by atoms with van der Waals surface area (Å²) in [6.45, 7) is 4.14. The van der Waals surface area contributed by atoms with Gasteiger partial charge in [0.25, 0.3) is 5.91 Å². The van der Waals surface area contributed by atoms with E-state index in [1.54, 1.807) is 44.3 Å². The smallest absolute Gasteiger partial charge is 0.257 e. The second-order valence-electron chi connectivity index (χ2n) is 6.33. The van der Waals surface area contributed by atoms with E-state index in [1.807, 2.05) is 30.3 Å². The molecule has 142 valence electrons. The highest BCUT2D eigenvalue weighted by Crippen LogP contribution is 2.11. The molecular weight excluding hydrogens is 342 g/mol. The van der Waals surface area contributed by atoms with Crippen LogP contribution in [0.1, 0.15) is 25.0 Å². The minimum Gasteiger partial charge on any atom is -0.484 e. The highest BCUT2D eigenvalue weighted by Gasteiger charge is 2.04. The normalized spacial score (nSPS) is 10.8. The van der Waals surface area contributed by atoms with Crippen LogP contribution < -0.4 is 15.5 Å². The van der Waals surface area contributed by atoms with Crippen LogP contribution in [0, 0.1) is 5.92 Å². The molecule has 6 nitrogen and oxygen atoms in total. The van der Waals surface area contributed by atoms with E-state index in [0.29, 0.717) is 12.3 Å². The summed E-state index contributed by atoms with van der Waals surface area (Å²) in [5.41, 5.74) is 4.46. The van der Waals surface area contributed by atoms with E-state index in [-0.39, 0.29) is 24.3 Å². The Balaban J connectivity index is 1.69. The van der Waals surface area contributed by atoms with E-state index >= 15 is 0 Å². The Kier molecular flexibility index (Phi) is 8.03. The molecule has 0 bridgehead atoms. The average molecular weight is 367 g/mol. The molecule has 0 radical (unpaired) electrons. The Bertz CT molecular complexity index is 756. The van der Waals surface area contributed by atoms with Gasteiger partial charge in [-0.05, 0) is 41.8 Å². The van der Waals surface area contributed by atoms with Crippen LogP contribution in [-0.2, 0) is 16.0 Å². The highest BCUT2D eigenvalue weighted by atomic mass is 16.5. The Hall–Kier alpha value is -3.15. The van der Waals surface area contributed by atoms with Crippen LogP contribution in [-0.4, -0.2) is 31.2 Å². The van der Waals surface area contributed by atoms with Crippen LogP contribution in [0.3, 0.4) is 0 Å². The molecule has 0 atom stereocenters. The molecule has 2 aromatic carbocycles. The molecule has 0 aliphatic rings. The molecule has 2 N–H and O–H groups in total. The fourth-order valence-corrected chi connectivity index (χ4v) is 2.14. The minimum atomic E-state index is -0.159. The summed E-state index contributed by atoms with van der Waals surface area (Å²) >= 11 is 0. The van der Waals surface area contributed by atoms with Crippen molar-refractivity contribution in [3.8, 4) is 5.75 Å². The molecule has 27 heavy (non-hydrogen) atoms. The van der Waals surface area contributed by atoms with Crippen molar-refractivity contribution in [2.24, 2.45) is 11.0 Å². The van der Waals surface area contributed by atoms with Crippen LogP contribution in [0.5, 0.6) is 5.75 Å². The lowest BCUT2D eigenvalue weighted by Gasteiger charge is -2.08. The molecule has 0 spiro atoms. The average Bonchev–Trinajstić information content (AvgIpc) is 2.68. The fraction of sp³-hybridized carbons (Fsp3) is 0.286. The molecular formula is C21H25N3O3. The Morgan fingerprint density at radius 2 is 1.78 bits per heavy atom. The second-order valence-corrected chi connectivity index (χ2v) is 6.33. The van der Waals surface area contributed by atoms with Crippen molar-refractivity contribution in [2.75, 3.05) is 13.2 Å². The number of amides is 2. The van der Waals surface area contributed by atoms with Crippen LogP contribution in [0.2, 0.25) is 0 Å². The van der Waals surface area contributed by atoms with Gasteiger partial charge in [-0.15, -0.1) is 0 Å². The first-order valence-corrected chi connectivity index (χ1v) is 8.91. The quantitative estimate of drug-likeness (QED) is 0.528. The predicted octanol–water partition coefficient (Wildman–Crippen LogP) is 2.53. The maximum absolute atomic E-state index is 11.8. The van der Waals surface area contributed by atoms with Gasteiger partial charge in [0.15, 0.2) is 6.61 Å². The summed E-state index contributed by atoms with van der Waals surface area (Å²) in [6, 6.07) is 17.1. The van der Waals surface area contributed by atoms with Crippen molar-refractivity contribution in [3.63, 3.8) is 0 Å². The number of hydrogen-bond acceptors (Lipinski definition) is 4. The summed E-state index contributed by atoms with van der Waals surface area (Å²) < 4.78 is 5.47. The SMILES string of the molecule is CC(C)C(=O)N/N=C/c1ccc(OCC(=O)NCCc2ccccc2)cc1. The van der Waals surface area contributed by atoms with Crippen LogP contribution in [0.25, 0.3) is 0 Å². The maximum Gasteiger partial charge on any atom is 0.257 e. The summed E-state index contributed by atoms with van der Waals surface area (Å²) in [5.74, 6) is 0.186. The minimum absolute atomic E-state index is 0.0350. The molecule has 2 rings (SSSR count). The number of carbonyl (C=O) groups excluding carboxylic acids is 2. The lowest BCUT2D eigenvalue weighted by molar-refractivity contribution is -0.124. The molecule has 2 aromatic rings. The molecule has 0 aliphatic heterocycles. The zero-order chi connectivity index (χ0) is 19.5. The molecule has 0 saturated heterocycles. The van der Waals surface area contributed by atoms with Crippen molar-refractivity contribution in [2.45, 2.75) is 20.3 Å². The van der Waals surface area contributed by atoms with Gasteiger partial charge in [-0.2, -0.15) is 5.10 Å². The Morgan fingerprint density at radius 3 is 2.44 bits per heavy atom. The second kappa shape index (κ2) is 10.8. The third-order valence-corrected chi connectivity index (χ3v) is 3.74. The Labute approximate surface area is 159 Å². The molecule has 6 heteroatoms. The summed E-state index contributed by atoms with van der Waals surface area (Å²) in [6.07, 6.45) is 2.34. The van der Waals surface area contributed by atoms with Gasteiger partial charge in [0.1, 0.15) is 5.75 Å². The maximum atomic E-state index is 11.8. The molecule has 0 heterocycles. The van der Waals surface area contributed by atoms with Gasteiger partial charge in [0.2, 0.25) is 5.91 Å². The van der Waals surface area contributed by atoms with E-state index in [2.05, 4.69) is 15.8 Å². The number of benzene rings is 2. The fourth-order valence-electron chi connectivity index (χ4n) is 2.14. The van der Waals surface area contributed by atoms with Gasteiger partial charge in [0, 0.05) is 12.5 Å². The number of ether oxygens (including phenoxy) is 1. The van der Waals surface area contributed by atoms with E-state index < -0.39 is 0 Å². The van der Waals surface area contributed by atoms with Crippen LogP contribution in [0.4, 0.5) is 0 Å². The van der Waals surface area contributed by atoms with Gasteiger partial charge in [-0.1, -0.05) is 44.2 Å². The zero-order valence-corrected chi connectivity index (χ0v) is 15.6. The monoisotopic (exact) mass is 367 g/mol.